The van der Waals surface area contributed by atoms with Crippen molar-refractivity contribution in [2.45, 2.75) is 63.0 Å². The van der Waals surface area contributed by atoms with E-state index in [0.29, 0.717) is 31.5 Å². The maximum Gasteiger partial charge on any atom is 0.315 e. The van der Waals surface area contributed by atoms with E-state index in [2.05, 4.69) is 21.4 Å². The number of cyclic esters (lactones) is 1. The van der Waals surface area contributed by atoms with Gasteiger partial charge in [0.25, 0.3) is 0 Å². The van der Waals surface area contributed by atoms with Gasteiger partial charge in [0.2, 0.25) is 5.95 Å². The van der Waals surface area contributed by atoms with E-state index in [1.54, 1.807) is 13.3 Å². The van der Waals surface area contributed by atoms with Crippen LogP contribution < -0.4 is 5.32 Å². The van der Waals surface area contributed by atoms with Gasteiger partial charge in [-0.25, -0.2) is 9.50 Å². The van der Waals surface area contributed by atoms with E-state index < -0.39 is 0 Å². The Morgan fingerprint density at radius 2 is 2.06 bits per heavy atom. The molecule has 0 spiro atoms. The molecule has 9 nitrogen and oxygen atoms in total. The molecule has 34 heavy (non-hydrogen) atoms. The Morgan fingerprint density at radius 3 is 2.79 bits per heavy atom. The summed E-state index contributed by atoms with van der Waals surface area (Å²) in [4.78, 5) is 21.1. The molecular formula is C25H31N5O4. The number of nitrogens with zero attached hydrogens (tertiary/aromatic N) is 4. The first-order valence-corrected chi connectivity index (χ1v) is 12.0. The Hall–Kier alpha value is -3.04. The Kier molecular flexibility index (Phi) is 6.47. The van der Waals surface area contributed by atoms with E-state index in [0.717, 1.165) is 53.7 Å². The quantitative estimate of drug-likeness (QED) is 0.512. The molecule has 4 heterocycles. The molecule has 0 bridgehead atoms. The first-order chi connectivity index (χ1) is 16.5. The highest BCUT2D eigenvalue weighted by molar-refractivity contribution is 5.83. The number of aromatic nitrogens is 4. The number of esters is 1. The monoisotopic (exact) mass is 465 g/mol. The first-order valence-electron chi connectivity index (χ1n) is 12.0. The van der Waals surface area contributed by atoms with Crippen molar-refractivity contribution < 1.29 is 19.4 Å². The lowest BCUT2D eigenvalue weighted by atomic mass is 9.85. The summed E-state index contributed by atoms with van der Waals surface area (Å²) in [7, 11) is 1.67. The number of aliphatic hydroxyl groups is 1. The predicted molar refractivity (Wildman–Crippen MR) is 127 cm³/mol. The summed E-state index contributed by atoms with van der Waals surface area (Å²) >= 11 is 0. The number of hydrogen-bond donors (Lipinski definition) is 2. The molecule has 5 rings (SSSR count). The highest BCUT2D eigenvalue weighted by Crippen LogP contribution is 2.38. The van der Waals surface area contributed by atoms with Crippen LogP contribution in [0.1, 0.15) is 62.3 Å². The minimum atomic E-state index is -0.317. The van der Waals surface area contributed by atoms with Crippen molar-refractivity contribution in [2.24, 2.45) is 0 Å². The van der Waals surface area contributed by atoms with Crippen molar-refractivity contribution >= 4 is 17.4 Å². The fraction of sp³-hybridized carbons (Fsp3) is 0.520. The molecule has 1 saturated carbocycles. The SMILES string of the molecule is COC[C@H](C)Nc1ncc2c(-c3ccnc(C4CCOC4=O)c3)cc([C@H]3CC[C@H](O)CC3)n2n1. The lowest BCUT2D eigenvalue weighted by Gasteiger charge is -2.25. The molecule has 0 amide bonds. The third-order valence-corrected chi connectivity index (χ3v) is 6.84. The van der Waals surface area contributed by atoms with Gasteiger partial charge in [0.1, 0.15) is 5.92 Å². The number of fused-ring (bicyclic) bond motifs is 1. The van der Waals surface area contributed by atoms with Crippen molar-refractivity contribution in [2.75, 3.05) is 25.6 Å². The predicted octanol–water partition coefficient (Wildman–Crippen LogP) is 3.29. The summed E-state index contributed by atoms with van der Waals surface area (Å²) in [6.45, 7) is 3.01. The summed E-state index contributed by atoms with van der Waals surface area (Å²) in [5.41, 5.74) is 4.72. The average molecular weight is 466 g/mol. The lowest BCUT2D eigenvalue weighted by Crippen LogP contribution is -2.23. The molecule has 3 aromatic rings. The summed E-state index contributed by atoms with van der Waals surface area (Å²) in [5, 5.41) is 18.2. The minimum Gasteiger partial charge on any atom is -0.465 e. The number of ether oxygens (including phenoxy) is 2. The number of hydrogen-bond acceptors (Lipinski definition) is 8. The highest BCUT2D eigenvalue weighted by Gasteiger charge is 2.30. The van der Waals surface area contributed by atoms with Crippen LogP contribution in [0.15, 0.2) is 30.6 Å². The number of pyridine rings is 1. The second kappa shape index (κ2) is 9.68. The molecule has 2 fully saturated rings. The third kappa shape index (κ3) is 4.50. The minimum absolute atomic E-state index is 0.0692. The van der Waals surface area contributed by atoms with Crippen LogP contribution in [0, 0.1) is 0 Å². The smallest absolute Gasteiger partial charge is 0.315 e. The number of rotatable bonds is 7. The van der Waals surface area contributed by atoms with Crippen molar-refractivity contribution in [3.8, 4) is 11.1 Å². The molecule has 2 aliphatic rings. The van der Waals surface area contributed by atoms with Gasteiger partial charge in [-0.3, -0.25) is 9.78 Å². The van der Waals surface area contributed by atoms with Gasteiger partial charge in [-0.2, -0.15) is 0 Å². The zero-order valence-corrected chi connectivity index (χ0v) is 19.6. The first kappa shape index (κ1) is 22.7. The van der Waals surface area contributed by atoms with Gasteiger partial charge in [0.05, 0.1) is 36.7 Å². The van der Waals surface area contributed by atoms with E-state index in [1.165, 1.54) is 0 Å². The van der Waals surface area contributed by atoms with Crippen LogP contribution in [0.3, 0.4) is 0 Å². The second-order valence-corrected chi connectivity index (χ2v) is 9.35. The van der Waals surface area contributed by atoms with Crippen LogP contribution in [-0.4, -0.2) is 63.1 Å². The van der Waals surface area contributed by atoms with Crippen LogP contribution in [0.5, 0.6) is 0 Å². The second-order valence-electron chi connectivity index (χ2n) is 9.35. The summed E-state index contributed by atoms with van der Waals surface area (Å²) < 4.78 is 12.4. The summed E-state index contributed by atoms with van der Waals surface area (Å²) in [6.07, 6.45) is 7.42. The molecule has 2 atom stereocenters. The number of carbonyl (C=O) groups excluding carboxylic acids is 1. The molecule has 0 aromatic carbocycles. The summed E-state index contributed by atoms with van der Waals surface area (Å²) in [5.74, 6) is 0.315. The van der Waals surface area contributed by atoms with Crippen molar-refractivity contribution in [3.05, 3.63) is 42.0 Å². The number of aliphatic hydroxyl groups excluding tert-OH is 1. The maximum atomic E-state index is 12.1. The molecule has 1 aliphatic heterocycles. The van der Waals surface area contributed by atoms with Crippen LogP contribution in [0.4, 0.5) is 5.95 Å². The Morgan fingerprint density at radius 1 is 1.24 bits per heavy atom. The average Bonchev–Trinajstić information content (AvgIpc) is 3.43. The van der Waals surface area contributed by atoms with Gasteiger partial charge in [-0.15, -0.1) is 5.10 Å². The number of carbonyl (C=O) groups is 1. The topological polar surface area (TPSA) is 111 Å². The Labute approximate surface area is 198 Å². The van der Waals surface area contributed by atoms with Gasteiger partial charge < -0.3 is 19.9 Å². The van der Waals surface area contributed by atoms with E-state index in [-0.39, 0.29) is 24.0 Å². The van der Waals surface area contributed by atoms with Gasteiger partial charge in [-0.05, 0) is 56.4 Å². The molecule has 1 saturated heterocycles. The van der Waals surface area contributed by atoms with Crippen molar-refractivity contribution in [3.63, 3.8) is 0 Å². The Bertz CT molecular complexity index is 1170. The molecule has 1 aliphatic carbocycles. The fourth-order valence-electron chi connectivity index (χ4n) is 5.06. The van der Waals surface area contributed by atoms with E-state index in [1.807, 2.05) is 29.8 Å². The Balaban J connectivity index is 1.56. The van der Waals surface area contributed by atoms with Gasteiger partial charge in [-0.1, -0.05) is 0 Å². The van der Waals surface area contributed by atoms with Crippen LogP contribution in [0.2, 0.25) is 0 Å². The zero-order chi connectivity index (χ0) is 23.7. The van der Waals surface area contributed by atoms with Gasteiger partial charge in [0, 0.05) is 42.9 Å². The molecule has 180 valence electrons. The standard InChI is InChI=1S/C25H31N5O4/c1-15(14-33-2)28-25-27-13-23-20(12-22(30(23)29-25)16-3-5-18(31)6-4-16)17-7-9-26-21(11-17)19-8-10-34-24(19)32/h7,9,11-13,15-16,18-19,31H,3-6,8,10,14H2,1-2H3,(H,28,29)/t15-,16-,18-,19?/m0/s1. The van der Waals surface area contributed by atoms with Crippen molar-refractivity contribution in [1.82, 2.24) is 19.6 Å². The van der Waals surface area contributed by atoms with Crippen LogP contribution in [-0.2, 0) is 14.3 Å². The molecule has 0 radical (unpaired) electrons. The number of anilines is 1. The maximum absolute atomic E-state index is 12.1. The molecule has 9 heteroatoms. The largest absolute Gasteiger partial charge is 0.465 e. The molecule has 1 unspecified atom stereocenters. The lowest BCUT2D eigenvalue weighted by molar-refractivity contribution is -0.139. The van der Waals surface area contributed by atoms with Gasteiger partial charge in [0.15, 0.2) is 0 Å². The van der Waals surface area contributed by atoms with E-state index in [9.17, 15) is 9.90 Å². The highest BCUT2D eigenvalue weighted by atomic mass is 16.5. The molecule has 2 N–H and O–H groups in total. The van der Waals surface area contributed by atoms with E-state index >= 15 is 0 Å². The van der Waals surface area contributed by atoms with Crippen LogP contribution >= 0.6 is 0 Å². The fourth-order valence-corrected chi connectivity index (χ4v) is 5.06. The van der Waals surface area contributed by atoms with E-state index in [4.69, 9.17) is 14.6 Å². The normalized spacial score (nSPS) is 23.7. The summed E-state index contributed by atoms with van der Waals surface area (Å²) in [6, 6.07) is 6.19. The number of nitrogens with one attached hydrogen (secondary N) is 1. The van der Waals surface area contributed by atoms with Gasteiger partial charge >= 0.3 is 5.97 Å². The van der Waals surface area contributed by atoms with Crippen LogP contribution in [0.25, 0.3) is 16.6 Å². The number of methoxy groups -OCH3 is 1. The molecular weight excluding hydrogens is 434 g/mol. The third-order valence-electron chi connectivity index (χ3n) is 6.84. The zero-order valence-electron chi connectivity index (χ0n) is 19.6. The van der Waals surface area contributed by atoms with Crippen molar-refractivity contribution in [1.29, 1.82) is 0 Å². The molecule has 3 aromatic heterocycles.